The average molecular weight is 273 g/mol. The van der Waals surface area contributed by atoms with Crippen molar-refractivity contribution in [2.24, 2.45) is 0 Å². The molecule has 17 heavy (non-hydrogen) atoms. The standard InChI is InChI=1S/C12H10Cl2O3/c13-12(14)6-2-5-11(16)9-3-1-4-10(7-9)17-8-15/h1-7,15H,8H2/b5-2+. The minimum Gasteiger partial charge on any atom is -0.468 e. The van der Waals surface area contributed by atoms with Crippen molar-refractivity contribution >= 4 is 29.0 Å². The van der Waals surface area contributed by atoms with Crippen LogP contribution in [0.15, 0.2) is 47.0 Å². The predicted molar refractivity (Wildman–Crippen MR) is 67.4 cm³/mol. The van der Waals surface area contributed by atoms with Gasteiger partial charge in [-0.05, 0) is 24.3 Å². The second-order valence-electron chi connectivity index (χ2n) is 2.98. The first-order valence-corrected chi connectivity index (χ1v) is 5.46. The molecular formula is C12H10Cl2O3. The molecule has 5 heteroatoms. The highest BCUT2D eigenvalue weighted by molar-refractivity contribution is 6.56. The van der Waals surface area contributed by atoms with E-state index in [1.807, 2.05) is 0 Å². The topological polar surface area (TPSA) is 46.5 Å². The smallest absolute Gasteiger partial charge is 0.186 e. The minimum atomic E-state index is -0.432. The van der Waals surface area contributed by atoms with Gasteiger partial charge in [0, 0.05) is 5.56 Å². The number of ketones is 1. The van der Waals surface area contributed by atoms with E-state index in [0.29, 0.717) is 11.3 Å². The molecule has 0 atom stereocenters. The highest BCUT2D eigenvalue weighted by Gasteiger charge is 2.02. The van der Waals surface area contributed by atoms with Crippen LogP contribution < -0.4 is 4.74 Å². The molecule has 1 aromatic rings. The van der Waals surface area contributed by atoms with Crippen LogP contribution in [0, 0.1) is 0 Å². The van der Waals surface area contributed by atoms with Crippen LogP contribution in [0.25, 0.3) is 0 Å². The minimum absolute atomic E-state index is 0.0754. The van der Waals surface area contributed by atoms with Gasteiger partial charge >= 0.3 is 0 Å². The molecular weight excluding hydrogens is 263 g/mol. The van der Waals surface area contributed by atoms with E-state index in [0.717, 1.165) is 0 Å². The SMILES string of the molecule is O=C(/C=C/C=C(Cl)Cl)c1cccc(OCO)c1. The Kier molecular flexibility index (Phi) is 5.77. The Morgan fingerprint density at radius 3 is 2.82 bits per heavy atom. The summed E-state index contributed by atoms with van der Waals surface area (Å²) in [6.45, 7) is -0.432. The Bertz CT molecular complexity index is 449. The van der Waals surface area contributed by atoms with Crippen molar-refractivity contribution in [2.75, 3.05) is 6.79 Å². The summed E-state index contributed by atoms with van der Waals surface area (Å²) in [5, 5.41) is 8.59. The molecule has 90 valence electrons. The lowest BCUT2D eigenvalue weighted by Gasteiger charge is -2.02. The van der Waals surface area contributed by atoms with Gasteiger partial charge in [-0.3, -0.25) is 4.79 Å². The van der Waals surface area contributed by atoms with Gasteiger partial charge in [-0.15, -0.1) is 0 Å². The van der Waals surface area contributed by atoms with Crippen LogP contribution in [0.2, 0.25) is 0 Å². The van der Waals surface area contributed by atoms with Gasteiger partial charge in [-0.1, -0.05) is 41.4 Å². The molecule has 0 aliphatic carbocycles. The Morgan fingerprint density at radius 1 is 1.41 bits per heavy atom. The zero-order chi connectivity index (χ0) is 12.7. The van der Waals surface area contributed by atoms with Crippen molar-refractivity contribution in [2.45, 2.75) is 0 Å². The summed E-state index contributed by atoms with van der Waals surface area (Å²) < 4.78 is 4.94. The molecule has 3 nitrogen and oxygen atoms in total. The number of rotatable bonds is 5. The third-order valence-electron chi connectivity index (χ3n) is 1.82. The third-order valence-corrected chi connectivity index (χ3v) is 2.07. The molecule has 0 bridgehead atoms. The molecule has 0 saturated carbocycles. The number of aliphatic hydroxyl groups excluding tert-OH is 1. The monoisotopic (exact) mass is 272 g/mol. The van der Waals surface area contributed by atoms with Gasteiger partial charge in [0.05, 0.1) is 0 Å². The average Bonchev–Trinajstić information content (AvgIpc) is 2.29. The molecule has 0 aliphatic rings. The summed E-state index contributed by atoms with van der Waals surface area (Å²) in [5.74, 6) is 0.219. The number of carbonyl (C=O) groups is 1. The number of hydrogen-bond donors (Lipinski definition) is 1. The van der Waals surface area contributed by atoms with Gasteiger partial charge in [0.1, 0.15) is 10.2 Å². The summed E-state index contributed by atoms with van der Waals surface area (Å²) in [7, 11) is 0. The number of allylic oxidation sites excluding steroid dienone is 3. The Balaban J connectivity index is 2.78. The van der Waals surface area contributed by atoms with Crippen LogP contribution in [0.3, 0.4) is 0 Å². The molecule has 0 aromatic heterocycles. The van der Waals surface area contributed by atoms with Gasteiger partial charge in [0.25, 0.3) is 0 Å². The maximum atomic E-state index is 11.7. The van der Waals surface area contributed by atoms with E-state index >= 15 is 0 Å². The highest BCUT2D eigenvalue weighted by atomic mass is 35.5. The first-order chi connectivity index (χ1) is 8.13. The fourth-order valence-electron chi connectivity index (χ4n) is 1.12. The van der Waals surface area contributed by atoms with Crippen molar-refractivity contribution in [3.63, 3.8) is 0 Å². The molecule has 0 unspecified atom stereocenters. The second kappa shape index (κ2) is 7.12. The van der Waals surface area contributed by atoms with E-state index in [4.69, 9.17) is 33.0 Å². The van der Waals surface area contributed by atoms with Crippen molar-refractivity contribution in [3.8, 4) is 5.75 Å². The molecule has 0 amide bonds. The van der Waals surface area contributed by atoms with E-state index in [-0.39, 0.29) is 10.3 Å². The maximum absolute atomic E-state index is 11.7. The third kappa shape index (κ3) is 5.04. The van der Waals surface area contributed by atoms with Crippen molar-refractivity contribution in [1.29, 1.82) is 0 Å². The highest BCUT2D eigenvalue weighted by Crippen LogP contribution is 2.14. The number of ether oxygens (including phenoxy) is 1. The summed E-state index contributed by atoms with van der Waals surface area (Å²) in [6, 6.07) is 6.49. The molecule has 1 rings (SSSR count). The number of hydrogen-bond acceptors (Lipinski definition) is 3. The molecule has 0 heterocycles. The van der Waals surface area contributed by atoms with Crippen LogP contribution in [0.5, 0.6) is 5.75 Å². The van der Waals surface area contributed by atoms with Gasteiger partial charge in [0.15, 0.2) is 12.6 Å². The lowest BCUT2D eigenvalue weighted by molar-refractivity contribution is 0.0974. The molecule has 0 saturated heterocycles. The van der Waals surface area contributed by atoms with Crippen LogP contribution in [-0.2, 0) is 0 Å². The summed E-state index contributed by atoms with van der Waals surface area (Å²) in [4.78, 5) is 11.7. The zero-order valence-electron chi connectivity index (χ0n) is 8.77. The molecule has 1 N–H and O–H groups in total. The number of halogens is 2. The Labute approximate surface area is 109 Å². The largest absolute Gasteiger partial charge is 0.468 e. The Morgan fingerprint density at radius 2 is 2.18 bits per heavy atom. The Hall–Kier alpha value is -1.29. The fraction of sp³-hybridized carbons (Fsp3) is 0.0833. The lowest BCUT2D eigenvalue weighted by atomic mass is 10.1. The van der Waals surface area contributed by atoms with E-state index in [2.05, 4.69) is 0 Å². The van der Waals surface area contributed by atoms with Crippen LogP contribution in [0.1, 0.15) is 10.4 Å². The maximum Gasteiger partial charge on any atom is 0.186 e. The quantitative estimate of drug-likeness (QED) is 0.388. The van der Waals surface area contributed by atoms with Crippen molar-refractivity contribution < 1.29 is 14.6 Å². The van der Waals surface area contributed by atoms with E-state index < -0.39 is 6.79 Å². The first kappa shape index (κ1) is 13.8. The van der Waals surface area contributed by atoms with Crippen LogP contribution in [-0.4, -0.2) is 17.7 Å². The molecule has 0 aliphatic heterocycles. The van der Waals surface area contributed by atoms with Gasteiger partial charge in [-0.25, -0.2) is 0 Å². The lowest BCUT2D eigenvalue weighted by Crippen LogP contribution is -1.98. The normalized spacial score (nSPS) is 10.3. The first-order valence-electron chi connectivity index (χ1n) is 4.71. The zero-order valence-corrected chi connectivity index (χ0v) is 10.3. The molecule has 0 fully saturated rings. The summed E-state index contributed by atoms with van der Waals surface area (Å²) >= 11 is 10.8. The second-order valence-corrected chi connectivity index (χ2v) is 3.99. The molecule has 0 spiro atoms. The van der Waals surface area contributed by atoms with Gasteiger partial charge < -0.3 is 9.84 Å². The van der Waals surface area contributed by atoms with E-state index in [1.165, 1.54) is 24.3 Å². The van der Waals surface area contributed by atoms with E-state index in [1.54, 1.807) is 18.2 Å². The van der Waals surface area contributed by atoms with Gasteiger partial charge in [0.2, 0.25) is 0 Å². The predicted octanol–water partition coefficient (Wildman–Crippen LogP) is 3.07. The fourth-order valence-corrected chi connectivity index (χ4v) is 1.26. The van der Waals surface area contributed by atoms with Crippen LogP contribution in [0.4, 0.5) is 0 Å². The van der Waals surface area contributed by atoms with E-state index in [9.17, 15) is 4.79 Å². The number of benzene rings is 1. The van der Waals surface area contributed by atoms with Gasteiger partial charge in [-0.2, -0.15) is 0 Å². The van der Waals surface area contributed by atoms with Crippen LogP contribution >= 0.6 is 23.2 Å². The van der Waals surface area contributed by atoms with Crippen molar-refractivity contribution in [3.05, 3.63) is 52.5 Å². The number of aliphatic hydroxyl groups is 1. The number of carbonyl (C=O) groups excluding carboxylic acids is 1. The summed E-state index contributed by atoms with van der Waals surface area (Å²) in [5.41, 5.74) is 0.450. The molecule has 0 radical (unpaired) electrons. The molecule has 1 aromatic carbocycles. The summed E-state index contributed by atoms with van der Waals surface area (Å²) in [6.07, 6.45) is 4.19. The van der Waals surface area contributed by atoms with Crippen molar-refractivity contribution in [1.82, 2.24) is 0 Å².